The lowest BCUT2D eigenvalue weighted by Crippen LogP contribution is -2.43. The zero-order valence-corrected chi connectivity index (χ0v) is 11.2. The van der Waals surface area contributed by atoms with Gasteiger partial charge >= 0.3 is 6.43 Å². The predicted octanol–water partition coefficient (Wildman–Crippen LogP) is 2.08. The van der Waals surface area contributed by atoms with Crippen LogP contribution in [-0.4, -0.2) is 54.9 Å². The average molecular weight is 250 g/mol. The van der Waals surface area contributed by atoms with Crippen molar-refractivity contribution in [3.05, 3.63) is 0 Å². The Labute approximate surface area is 103 Å². The van der Waals surface area contributed by atoms with E-state index in [2.05, 4.69) is 4.90 Å². The second-order valence-corrected chi connectivity index (χ2v) is 4.51. The number of likely N-dealkylation sites (N-methyl/N-ethyl adjacent to an activating group) is 1. The molecule has 5 heteroatoms. The van der Waals surface area contributed by atoms with Gasteiger partial charge in [-0.3, -0.25) is 4.79 Å². The maximum absolute atomic E-state index is 12.4. The van der Waals surface area contributed by atoms with Crippen molar-refractivity contribution in [1.82, 2.24) is 9.80 Å². The molecule has 0 aromatic rings. The molecule has 102 valence electrons. The van der Waals surface area contributed by atoms with Crippen molar-refractivity contribution >= 4 is 5.91 Å². The van der Waals surface area contributed by atoms with Crippen molar-refractivity contribution in [1.29, 1.82) is 0 Å². The van der Waals surface area contributed by atoms with Gasteiger partial charge in [0.2, 0.25) is 0 Å². The Morgan fingerprint density at radius 2 is 1.65 bits per heavy atom. The van der Waals surface area contributed by atoms with Crippen LogP contribution in [0.2, 0.25) is 0 Å². The second-order valence-electron chi connectivity index (χ2n) is 4.51. The first-order valence-corrected chi connectivity index (χ1v) is 6.21. The number of nitrogens with zero attached hydrogens (tertiary/aromatic N) is 2. The van der Waals surface area contributed by atoms with Gasteiger partial charge in [0, 0.05) is 19.6 Å². The van der Waals surface area contributed by atoms with Crippen LogP contribution < -0.4 is 0 Å². The van der Waals surface area contributed by atoms with Gasteiger partial charge in [-0.2, -0.15) is 8.78 Å². The summed E-state index contributed by atoms with van der Waals surface area (Å²) in [6.07, 6.45) is -2.90. The number of carbonyl (C=O) groups excluding carboxylic acids is 1. The topological polar surface area (TPSA) is 23.6 Å². The van der Waals surface area contributed by atoms with Gasteiger partial charge in [-0.05, 0) is 19.0 Å². The molecule has 0 saturated heterocycles. The van der Waals surface area contributed by atoms with Gasteiger partial charge in [0.25, 0.3) is 5.91 Å². The summed E-state index contributed by atoms with van der Waals surface area (Å²) < 4.78 is 24.8. The molecule has 0 fully saturated rings. The molecule has 17 heavy (non-hydrogen) atoms. The van der Waals surface area contributed by atoms with E-state index in [1.807, 2.05) is 27.7 Å². The smallest absolute Gasteiger partial charge is 0.315 e. The molecule has 0 N–H and O–H groups in total. The van der Waals surface area contributed by atoms with E-state index in [1.165, 1.54) is 4.90 Å². The number of hydrogen-bond donors (Lipinski definition) is 0. The van der Waals surface area contributed by atoms with Crippen LogP contribution in [0.15, 0.2) is 0 Å². The third-order valence-electron chi connectivity index (χ3n) is 2.66. The number of amides is 1. The van der Waals surface area contributed by atoms with E-state index in [1.54, 1.807) is 0 Å². The molecule has 0 aliphatic carbocycles. The number of rotatable bonds is 8. The summed E-state index contributed by atoms with van der Waals surface area (Å²) in [5.41, 5.74) is 0. The summed E-state index contributed by atoms with van der Waals surface area (Å²) in [5, 5.41) is 0. The number of halogens is 2. The van der Waals surface area contributed by atoms with Crippen molar-refractivity contribution in [2.75, 3.05) is 32.7 Å². The van der Waals surface area contributed by atoms with E-state index in [-0.39, 0.29) is 5.92 Å². The van der Waals surface area contributed by atoms with E-state index in [0.717, 1.165) is 13.1 Å². The minimum absolute atomic E-state index is 0.203. The lowest BCUT2D eigenvalue weighted by atomic mass is 10.2. The van der Waals surface area contributed by atoms with Crippen LogP contribution in [0.1, 0.15) is 27.7 Å². The fourth-order valence-electron chi connectivity index (χ4n) is 1.67. The summed E-state index contributed by atoms with van der Waals surface area (Å²) in [5.74, 6) is -0.847. The molecule has 0 bridgehead atoms. The van der Waals surface area contributed by atoms with E-state index in [4.69, 9.17) is 0 Å². The Bertz CT molecular complexity index is 219. The molecule has 0 spiro atoms. The van der Waals surface area contributed by atoms with E-state index < -0.39 is 12.3 Å². The molecule has 0 atom stereocenters. The minimum atomic E-state index is -2.90. The maximum atomic E-state index is 12.4. The first-order valence-electron chi connectivity index (χ1n) is 6.21. The zero-order valence-electron chi connectivity index (χ0n) is 11.2. The van der Waals surface area contributed by atoms with Crippen molar-refractivity contribution in [3.8, 4) is 0 Å². The SMILES string of the molecule is CCN(CC)CCN(CC(C)C)C(=O)C(F)F. The lowest BCUT2D eigenvalue weighted by Gasteiger charge is -2.27. The average Bonchev–Trinajstić information content (AvgIpc) is 2.27. The van der Waals surface area contributed by atoms with Gasteiger partial charge in [-0.1, -0.05) is 27.7 Å². The summed E-state index contributed by atoms with van der Waals surface area (Å²) in [6.45, 7) is 11.0. The molecule has 0 saturated carbocycles. The molecule has 1 amide bonds. The van der Waals surface area contributed by atoms with Crippen LogP contribution in [0.4, 0.5) is 8.78 Å². The summed E-state index contributed by atoms with van der Waals surface area (Å²) in [4.78, 5) is 14.7. The third-order valence-corrected chi connectivity index (χ3v) is 2.66. The molecule has 0 aromatic heterocycles. The highest BCUT2D eigenvalue weighted by molar-refractivity contribution is 5.79. The number of hydrogen-bond acceptors (Lipinski definition) is 2. The minimum Gasteiger partial charge on any atom is -0.336 e. The molecule has 0 aliphatic rings. The van der Waals surface area contributed by atoms with Gasteiger partial charge in [-0.25, -0.2) is 0 Å². The van der Waals surface area contributed by atoms with E-state index in [9.17, 15) is 13.6 Å². The van der Waals surface area contributed by atoms with Crippen molar-refractivity contribution in [2.24, 2.45) is 5.92 Å². The highest BCUT2D eigenvalue weighted by atomic mass is 19.3. The summed E-state index contributed by atoms with van der Waals surface area (Å²) in [6, 6.07) is 0. The van der Waals surface area contributed by atoms with E-state index in [0.29, 0.717) is 19.6 Å². The second kappa shape index (κ2) is 8.39. The molecule has 0 unspecified atom stereocenters. The van der Waals surface area contributed by atoms with Crippen LogP contribution >= 0.6 is 0 Å². The fraction of sp³-hybridized carbons (Fsp3) is 0.917. The monoisotopic (exact) mass is 250 g/mol. The van der Waals surface area contributed by atoms with Crippen LogP contribution in [0.5, 0.6) is 0 Å². The number of alkyl halides is 2. The van der Waals surface area contributed by atoms with Crippen LogP contribution in [-0.2, 0) is 4.79 Å². The Hall–Kier alpha value is -0.710. The Morgan fingerprint density at radius 3 is 2.00 bits per heavy atom. The Morgan fingerprint density at radius 1 is 1.12 bits per heavy atom. The van der Waals surface area contributed by atoms with Gasteiger partial charge in [0.05, 0.1) is 0 Å². The van der Waals surface area contributed by atoms with Crippen LogP contribution in [0.3, 0.4) is 0 Å². The van der Waals surface area contributed by atoms with Crippen LogP contribution in [0.25, 0.3) is 0 Å². The predicted molar refractivity (Wildman–Crippen MR) is 65.2 cm³/mol. The molecule has 0 aliphatic heterocycles. The Kier molecular flexibility index (Phi) is 8.04. The quantitative estimate of drug-likeness (QED) is 0.658. The van der Waals surface area contributed by atoms with Gasteiger partial charge in [0.1, 0.15) is 0 Å². The van der Waals surface area contributed by atoms with Crippen LogP contribution in [0, 0.1) is 5.92 Å². The molecule has 0 radical (unpaired) electrons. The first kappa shape index (κ1) is 16.3. The number of carbonyl (C=O) groups is 1. The fourth-order valence-corrected chi connectivity index (χ4v) is 1.67. The molecular weight excluding hydrogens is 226 g/mol. The van der Waals surface area contributed by atoms with Crippen molar-refractivity contribution < 1.29 is 13.6 Å². The maximum Gasteiger partial charge on any atom is 0.315 e. The highest BCUT2D eigenvalue weighted by Crippen LogP contribution is 2.05. The molecular formula is C12H24F2N2O. The van der Waals surface area contributed by atoms with Gasteiger partial charge in [-0.15, -0.1) is 0 Å². The lowest BCUT2D eigenvalue weighted by molar-refractivity contribution is -0.143. The Balaban J connectivity index is 4.33. The standard InChI is InChI=1S/C12H24F2N2O/c1-5-15(6-2)7-8-16(9-10(3)4)12(17)11(13)14/h10-11H,5-9H2,1-4H3. The van der Waals surface area contributed by atoms with Gasteiger partial charge in [0.15, 0.2) is 0 Å². The summed E-state index contributed by atoms with van der Waals surface area (Å²) >= 11 is 0. The summed E-state index contributed by atoms with van der Waals surface area (Å²) in [7, 11) is 0. The normalized spacial score (nSPS) is 11.6. The zero-order chi connectivity index (χ0) is 13.4. The molecule has 0 aromatic carbocycles. The molecule has 0 rings (SSSR count). The molecule has 0 heterocycles. The molecule has 3 nitrogen and oxygen atoms in total. The highest BCUT2D eigenvalue weighted by Gasteiger charge is 2.23. The third kappa shape index (κ3) is 6.56. The van der Waals surface area contributed by atoms with Gasteiger partial charge < -0.3 is 9.80 Å². The van der Waals surface area contributed by atoms with Crippen molar-refractivity contribution in [3.63, 3.8) is 0 Å². The van der Waals surface area contributed by atoms with E-state index >= 15 is 0 Å². The van der Waals surface area contributed by atoms with Crippen molar-refractivity contribution in [2.45, 2.75) is 34.1 Å². The first-order chi connectivity index (χ1) is 7.92. The largest absolute Gasteiger partial charge is 0.336 e.